The molecule has 0 unspecified atom stereocenters. The van der Waals surface area contributed by atoms with Crippen LogP contribution < -0.4 is 4.74 Å². The molecule has 1 fully saturated rings. The van der Waals surface area contributed by atoms with Crippen molar-refractivity contribution in [1.29, 1.82) is 0 Å². The zero-order chi connectivity index (χ0) is 23.4. The molecule has 1 aliphatic heterocycles. The number of rotatable bonds is 12. The van der Waals surface area contributed by atoms with Crippen LogP contribution >= 0.6 is 0 Å². The normalized spacial score (nSPS) is 14.9. The van der Waals surface area contributed by atoms with Gasteiger partial charge in [-0.05, 0) is 43.5 Å². The van der Waals surface area contributed by atoms with Gasteiger partial charge in [0.2, 0.25) is 0 Å². The number of benzene rings is 3. The van der Waals surface area contributed by atoms with Gasteiger partial charge in [-0.25, -0.2) is 0 Å². The highest BCUT2D eigenvalue weighted by molar-refractivity contribution is 5.33. The highest BCUT2D eigenvalue weighted by Gasteiger charge is 2.16. The van der Waals surface area contributed by atoms with Gasteiger partial charge in [0, 0.05) is 38.3 Å². The first kappa shape index (κ1) is 24.5. The molecule has 0 aromatic heterocycles. The summed E-state index contributed by atoms with van der Waals surface area (Å²) in [7, 11) is 0. The SMILES string of the molecule is Cc1ccc(CCCN2CCN(CCOCc3ccccc3OCc3ccccc3)CC2)cc1. The van der Waals surface area contributed by atoms with Crippen molar-refractivity contribution in [3.8, 4) is 5.75 Å². The lowest BCUT2D eigenvalue weighted by molar-refractivity contribution is 0.0672. The Hall–Kier alpha value is -2.66. The Kier molecular flexibility index (Phi) is 9.56. The Balaban J connectivity index is 1.10. The van der Waals surface area contributed by atoms with E-state index in [1.807, 2.05) is 36.4 Å². The maximum Gasteiger partial charge on any atom is 0.125 e. The molecule has 0 aliphatic carbocycles. The third-order valence-corrected chi connectivity index (χ3v) is 6.54. The van der Waals surface area contributed by atoms with Crippen molar-refractivity contribution in [2.45, 2.75) is 33.0 Å². The van der Waals surface area contributed by atoms with Gasteiger partial charge in [0.1, 0.15) is 12.4 Å². The minimum absolute atomic E-state index is 0.577. The lowest BCUT2D eigenvalue weighted by Gasteiger charge is -2.34. The molecule has 1 aliphatic rings. The van der Waals surface area contributed by atoms with Crippen LogP contribution in [0.3, 0.4) is 0 Å². The number of piperazine rings is 1. The second-order valence-corrected chi connectivity index (χ2v) is 9.21. The number of nitrogens with zero attached hydrogens (tertiary/aromatic N) is 2. The van der Waals surface area contributed by atoms with Gasteiger partial charge >= 0.3 is 0 Å². The van der Waals surface area contributed by atoms with E-state index >= 15 is 0 Å². The van der Waals surface area contributed by atoms with Crippen molar-refractivity contribution in [3.05, 3.63) is 101 Å². The second kappa shape index (κ2) is 13.3. The molecule has 180 valence electrons. The summed E-state index contributed by atoms with van der Waals surface area (Å²) in [6.45, 7) is 10.8. The first-order valence-corrected chi connectivity index (χ1v) is 12.6. The molecule has 0 spiro atoms. The summed E-state index contributed by atoms with van der Waals surface area (Å²) in [4.78, 5) is 5.13. The van der Waals surface area contributed by atoms with Crippen LogP contribution in [0.2, 0.25) is 0 Å². The average molecular weight is 459 g/mol. The van der Waals surface area contributed by atoms with E-state index in [-0.39, 0.29) is 0 Å². The fourth-order valence-corrected chi connectivity index (χ4v) is 4.37. The highest BCUT2D eigenvalue weighted by atomic mass is 16.5. The van der Waals surface area contributed by atoms with E-state index in [1.165, 1.54) is 36.1 Å². The molecule has 0 amide bonds. The smallest absolute Gasteiger partial charge is 0.125 e. The molecular formula is C30H38N2O2. The summed E-state index contributed by atoms with van der Waals surface area (Å²) in [5.74, 6) is 0.908. The van der Waals surface area contributed by atoms with E-state index < -0.39 is 0 Å². The molecule has 0 bridgehead atoms. The Labute approximate surface area is 205 Å². The van der Waals surface area contributed by atoms with Crippen molar-refractivity contribution in [2.24, 2.45) is 0 Å². The Bertz CT molecular complexity index is 967. The monoisotopic (exact) mass is 458 g/mol. The Morgan fingerprint density at radius 1 is 0.676 bits per heavy atom. The van der Waals surface area contributed by atoms with E-state index in [0.717, 1.165) is 50.6 Å². The first-order chi connectivity index (χ1) is 16.8. The summed E-state index contributed by atoms with van der Waals surface area (Å²) in [6, 6.07) is 27.4. The van der Waals surface area contributed by atoms with Crippen LogP contribution in [0, 0.1) is 6.92 Å². The molecule has 0 radical (unpaired) electrons. The van der Waals surface area contributed by atoms with Gasteiger partial charge in [-0.3, -0.25) is 4.90 Å². The van der Waals surface area contributed by atoms with Gasteiger partial charge in [0.15, 0.2) is 0 Å². The van der Waals surface area contributed by atoms with E-state index in [2.05, 4.69) is 59.2 Å². The van der Waals surface area contributed by atoms with E-state index in [0.29, 0.717) is 13.2 Å². The van der Waals surface area contributed by atoms with Gasteiger partial charge in [-0.2, -0.15) is 0 Å². The maximum atomic E-state index is 6.05. The molecule has 34 heavy (non-hydrogen) atoms. The van der Waals surface area contributed by atoms with Gasteiger partial charge in [0.25, 0.3) is 0 Å². The number of ether oxygens (including phenoxy) is 2. The number of aryl methyl sites for hydroxylation is 2. The van der Waals surface area contributed by atoms with E-state index in [4.69, 9.17) is 9.47 Å². The van der Waals surface area contributed by atoms with Crippen molar-refractivity contribution in [3.63, 3.8) is 0 Å². The molecule has 0 saturated carbocycles. The fourth-order valence-electron chi connectivity index (χ4n) is 4.37. The number of para-hydroxylation sites is 1. The van der Waals surface area contributed by atoms with Crippen LogP contribution in [-0.4, -0.2) is 55.7 Å². The Morgan fingerprint density at radius 2 is 1.35 bits per heavy atom. The summed E-state index contributed by atoms with van der Waals surface area (Å²) in [5, 5.41) is 0. The predicted molar refractivity (Wildman–Crippen MR) is 139 cm³/mol. The second-order valence-electron chi connectivity index (χ2n) is 9.21. The highest BCUT2D eigenvalue weighted by Crippen LogP contribution is 2.20. The lowest BCUT2D eigenvalue weighted by Crippen LogP contribution is -2.47. The topological polar surface area (TPSA) is 24.9 Å². The van der Waals surface area contributed by atoms with Gasteiger partial charge < -0.3 is 14.4 Å². The van der Waals surface area contributed by atoms with Crippen LogP contribution in [-0.2, 0) is 24.4 Å². The average Bonchev–Trinajstić information content (AvgIpc) is 2.88. The minimum atomic E-state index is 0.577. The van der Waals surface area contributed by atoms with Crippen molar-refractivity contribution in [1.82, 2.24) is 9.80 Å². The lowest BCUT2D eigenvalue weighted by atomic mass is 10.1. The molecule has 3 aromatic carbocycles. The number of hydrogen-bond acceptors (Lipinski definition) is 4. The van der Waals surface area contributed by atoms with E-state index in [1.54, 1.807) is 0 Å². The Morgan fingerprint density at radius 3 is 2.12 bits per heavy atom. The third kappa shape index (κ3) is 7.98. The number of hydrogen-bond donors (Lipinski definition) is 0. The van der Waals surface area contributed by atoms with Crippen LogP contribution in [0.15, 0.2) is 78.9 Å². The van der Waals surface area contributed by atoms with Crippen LogP contribution in [0.4, 0.5) is 0 Å². The van der Waals surface area contributed by atoms with Crippen molar-refractivity contribution >= 4 is 0 Å². The molecule has 3 aromatic rings. The molecular weight excluding hydrogens is 420 g/mol. The molecule has 0 N–H and O–H groups in total. The van der Waals surface area contributed by atoms with Gasteiger partial charge in [-0.1, -0.05) is 78.4 Å². The van der Waals surface area contributed by atoms with Crippen LogP contribution in [0.5, 0.6) is 5.75 Å². The fraction of sp³-hybridized carbons (Fsp3) is 0.400. The predicted octanol–water partition coefficient (Wildman–Crippen LogP) is 5.34. The van der Waals surface area contributed by atoms with Crippen LogP contribution in [0.1, 0.15) is 28.7 Å². The van der Waals surface area contributed by atoms with Crippen molar-refractivity contribution < 1.29 is 9.47 Å². The summed E-state index contributed by atoms with van der Waals surface area (Å²) in [5.41, 5.74) is 5.07. The van der Waals surface area contributed by atoms with E-state index in [9.17, 15) is 0 Å². The molecule has 1 heterocycles. The minimum Gasteiger partial charge on any atom is -0.489 e. The largest absolute Gasteiger partial charge is 0.489 e. The third-order valence-electron chi connectivity index (χ3n) is 6.54. The van der Waals surface area contributed by atoms with Gasteiger partial charge in [0.05, 0.1) is 13.2 Å². The quantitative estimate of drug-likeness (QED) is 0.342. The molecule has 4 heteroatoms. The standard InChI is InChI=1S/C30H38N2O2/c1-26-13-15-27(16-14-26)10-7-17-31-18-20-32(21-19-31)22-23-33-25-29-11-5-6-12-30(29)34-24-28-8-3-2-4-9-28/h2-6,8-9,11-16H,7,10,17-25H2,1H3. The molecule has 4 nitrogen and oxygen atoms in total. The zero-order valence-electron chi connectivity index (χ0n) is 20.5. The van der Waals surface area contributed by atoms with Crippen molar-refractivity contribution in [2.75, 3.05) is 45.9 Å². The maximum absolute atomic E-state index is 6.05. The molecule has 0 atom stereocenters. The summed E-state index contributed by atoms with van der Waals surface area (Å²) in [6.07, 6.45) is 2.41. The van der Waals surface area contributed by atoms with Gasteiger partial charge in [-0.15, -0.1) is 0 Å². The summed E-state index contributed by atoms with van der Waals surface area (Å²) >= 11 is 0. The molecule has 1 saturated heterocycles. The zero-order valence-corrected chi connectivity index (χ0v) is 20.5. The first-order valence-electron chi connectivity index (χ1n) is 12.6. The summed E-state index contributed by atoms with van der Waals surface area (Å²) < 4.78 is 12.1. The molecule has 4 rings (SSSR count). The van der Waals surface area contributed by atoms with Crippen LogP contribution in [0.25, 0.3) is 0 Å².